The van der Waals surface area contributed by atoms with Crippen molar-refractivity contribution in [3.8, 4) is 5.75 Å². The van der Waals surface area contributed by atoms with Gasteiger partial charge >= 0.3 is 0 Å². The van der Waals surface area contributed by atoms with E-state index in [4.69, 9.17) is 15.0 Å². The van der Waals surface area contributed by atoms with Gasteiger partial charge in [0.05, 0.1) is 23.9 Å². The van der Waals surface area contributed by atoms with E-state index in [-0.39, 0.29) is 6.04 Å². The summed E-state index contributed by atoms with van der Waals surface area (Å²) in [5.74, 6) is 7.35. The highest BCUT2D eigenvalue weighted by Crippen LogP contribution is 2.28. The Bertz CT molecular complexity index is 554. The predicted molar refractivity (Wildman–Crippen MR) is 77.9 cm³/mol. The van der Waals surface area contributed by atoms with E-state index >= 15 is 0 Å². The quantitative estimate of drug-likeness (QED) is 0.655. The van der Waals surface area contributed by atoms with Crippen LogP contribution < -0.4 is 16.0 Å². The Labute approximate surface area is 121 Å². The molecule has 4 nitrogen and oxygen atoms in total. The highest BCUT2D eigenvalue weighted by atomic mass is 79.9. The first kappa shape index (κ1) is 14.1. The predicted octanol–water partition coefficient (Wildman–Crippen LogP) is 3.11. The number of nitrogens with two attached hydrogens (primary N) is 1. The number of hydrogen-bond acceptors (Lipinski definition) is 4. The molecule has 1 atom stereocenters. The molecule has 0 aliphatic rings. The second-order valence-electron chi connectivity index (χ2n) is 4.32. The van der Waals surface area contributed by atoms with Gasteiger partial charge in [0.25, 0.3) is 0 Å². The molecule has 2 aromatic rings. The number of halogens is 1. The van der Waals surface area contributed by atoms with Crippen LogP contribution in [0.4, 0.5) is 0 Å². The molecule has 0 saturated carbocycles. The van der Waals surface area contributed by atoms with Gasteiger partial charge in [0, 0.05) is 5.56 Å². The van der Waals surface area contributed by atoms with Gasteiger partial charge in [0.15, 0.2) is 0 Å². The van der Waals surface area contributed by atoms with E-state index in [2.05, 4.69) is 21.4 Å². The zero-order valence-corrected chi connectivity index (χ0v) is 12.5. The second-order valence-corrected chi connectivity index (χ2v) is 5.18. The van der Waals surface area contributed by atoms with Gasteiger partial charge in [-0.3, -0.25) is 11.3 Å². The summed E-state index contributed by atoms with van der Waals surface area (Å²) in [5.41, 5.74) is 5.08. The molecule has 0 fully saturated rings. The van der Waals surface area contributed by atoms with Crippen LogP contribution in [0.2, 0.25) is 0 Å². The average Bonchev–Trinajstić information content (AvgIpc) is 2.82. The van der Waals surface area contributed by atoms with E-state index in [1.165, 1.54) is 0 Å². The lowest BCUT2D eigenvalue weighted by Gasteiger charge is -2.16. The zero-order valence-electron chi connectivity index (χ0n) is 10.9. The minimum atomic E-state index is 0.0269. The van der Waals surface area contributed by atoms with Gasteiger partial charge in [-0.25, -0.2) is 0 Å². The van der Waals surface area contributed by atoms with Gasteiger partial charge in [-0.1, -0.05) is 6.07 Å². The van der Waals surface area contributed by atoms with E-state index in [1.807, 2.05) is 31.2 Å². The van der Waals surface area contributed by atoms with Gasteiger partial charge in [0.2, 0.25) is 0 Å². The van der Waals surface area contributed by atoms with Gasteiger partial charge in [-0.05, 0) is 53.0 Å². The van der Waals surface area contributed by atoms with Crippen LogP contribution in [0.25, 0.3) is 0 Å². The number of hydrazine groups is 1. The van der Waals surface area contributed by atoms with Gasteiger partial charge in [-0.2, -0.15) is 0 Å². The maximum Gasteiger partial charge on any atom is 0.133 e. The maximum absolute atomic E-state index is 5.65. The molecule has 0 amide bonds. The SMILES string of the molecule is COc1ccc(CC(NN)c2ccoc2C)cc1Br. The largest absolute Gasteiger partial charge is 0.496 e. The third kappa shape index (κ3) is 3.18. The molecule has 19 heavy (non-hydrogen) atoms. The monoisotopic (exact) mass is 324 g/mol. The van der Waals surface area contributed by atoms with E-state index in [0.717, 1.165) is 33.5 Å². The molecule has 1 aromatic heterocycles. The molecule has 3 N–H and O–H groups in total. The summed E-state index contributed by atoms with van der Waals surface area (Å²) in [7, 11) is 1.65. The smallest absolute Gasteiger partial charge is 0.133 e. The molecule has 0 aliphatic carbocycles. The van der Waals surface area contributed by atoms with Crippen molar-refractivity contribution in [2.24, 2.45) is 5.84 Å². The molecule has 5 heteroatoms. The molecule has 0 radical (unpaired) electrons. The fourth-order valence-electron chi connectivity index (χ4n) is 2.09. The number of hydrogen-bond donors (Lipinski definition) is 2. The van der Waals surface area contributed by atoms with Crippen LogP contribution in [-0.4, -0.2) is 7.11 Å². The molecule has 1 heterocycles. The van der Waals surface area contributed by atoms with Crippen molar-refractivity contribution in [2.75, 3.05) is 7.11 Å². The summed E-state index contributed by atoms with van der Waals surface area (Å²) in [6.07, 6.45) is 2.46. The molecule has 0 aliphatic heterocycles. The molecule has 0 bridgehead atoms. The lowest BCUT2D eigenvalue weighted by molar-refractivity contribution is 0.412. The molecular weight excluding hydrogens is 308 g/mol. The average molecular weight is 325 g/mol. The Kier molecular flexibility index (Phi) is 4.63. The van der Waals surface area contributed by atoms with E-state index in [9.17, 15) is 0 Å². The Balaban J connectivity index is 2.19. The highest BCUT2D eigenvalue weighted by molar-refractivity contribution is 9.10. The van der Waals surface area contributed by atoms with Gasteiger partial charge in [0.1, 0.15) is 11.5 Å². The summed E-state index contributed by atoms with van der Waals surface area (Å²) >= 11 is 3.49. The normalized spacial score (nSPS) is 12.4. The van der Waals surface area contributed by atoms with Crippen LogP contribution >= 0.6 is 15.9 Å². The molecule has 1 aromatic carbocycles. The first-order chi connectivity index (χ1) is 9.15. The van der Waals surface area contributed by atoms with Crippen molar-refractivity contribution < 1.29 is 9.15 Å². The third-order valence-electron chi connectivity index (χ3n) is 3.13. The molecular formula is C14H17BrN2O2. The molecule has 2 rings (SSSR count). The summed E-state index contributed by atoms with van der Waals surface area (Å²) in [6.45, 7) is 1.93. The van der Waals surface area contributed by atoms with Crippen LogP contribution in [0, 0.1) is 6.92 Å². The summed E-state index contributed by atoms with van der Waals surface area (Å²) in [5, 5.41) is 0. The van der Waals surface area contributed by atoms with Crippen molar-refractivity contribution in [3.63, 3.8) is 0 Å². The van der Waals surface area contributed by atoms with Crippen LogP contribution in [-0.2, 0) is 6.42 Å². The number of rotatable bonds is 5. The lowest BCUT2D eigenvalue weighted by Crippen LogP contribution is -2.29. The number of methoxy groups -OCH3 is 1. The van der Waals surface area contributed by atoms with Crippen LogP contribution in [0.1, 0.15) is 22.9 Å². The van der Waals surface area contributed by atoms with Crippen LogP contribution in [0.5, 0.6) is 5.75 Å². The highest BCUT2D eigenvalue weighted by Gasteiger charge is 2.15. The Hall–Kier alpha value is -1.30. The third-order valence-corrected chi connectivity index (χ3v) is 3.75. The number of benzene rings is 1. The first-order valence-electron chi connectivity index (χ1n) is 5.98. The van der Waals surface area contributed by atoms with Crippen molar-refractivity contribution in [1.29, 1.82) is 0 Å². The Morgan fingerprint density at radius 2 is 2.21 bits per heavy atom. The van der Waals surface area contributed by atoms with E-state index < -0.39 is 0 Å². The minimum absolute atomic E-state index is 0.0269. The number of nitrogens with one attached hydrogen (secondary N) is 1. The minimum Gasteiger partial charge on any atom is -0.496 e. The number of aryl methyl sites for hydroxylation is 1. The van der Waals surface area contributed by atoms with Crippen molar-refractivity contribution >= 4 is 15.9 Å². The van der Waals surface area contributed by atoms with Crippen molar-refractivity contribution in [2.45, 2.75) is 19.4 Å². The second kappa shape index (κ2) is 6.23. The van der Waals surface area contributed by atoms with Crippen molar-refractivity contribution in [3.05, 3.63) is 51.9 Å². The number of furan rings is 1. The number of ether oxygens (including phenoxy) is 1. The molecule has 102 valence electrons. The fourth-order valence-corrected chi connectivity index (χ4v) is 2.68. The zero-order chi connectivity index (χ0) is 13.8. The molecule has 0 spiro atoms. The summed E-state index contributed by atoms with van der Waals surface area (Å²) in [4.78, 5) is 0. The van der Waals surface area contributed by atoms with Crippen molar-refractivity contribution in [1.82, 2.24) is 5.43 Å². The first-order valence-corrected chi connectivity index (χ1v) is 6.77. The molecule has 1 unspecified atom stereocenters. The Morgan fingerprint density at radius 1 is 1.42 bits per heavy atom. The standard InChI is InChI=1S/C14H17BrN2O2/c1-9-11(5-6-19-9)13(17-16)8-10-3-4-14(18-2)12(15)7-10/h3-7,13,17H,8,16H2,1-2H3. The Morgan fingerprint density at radius 3 is 2.74 bits per heavy atom. The van der Waals surface area contributed by atoms with E-state index in [1.54, 1.807) is 13.4 Å². The summed E-state index contributed by atoms with van der Waals surface area (Å²) < 4.78 is 11.5. The van der Waals surface area contributed by atoms with Crippen LogP contribution in [0.3, 0.4) is 0 Å². The van der Waals surface area contributed by atoms with E-state index in [0.29, 0.717) is 0 Å². The lowest BCUT2D eigenvalue weighted by atomic mass is 10.00. The summed E-state index contributed by atoms with van der Waals surface area (Å²) in [6, 6.07) is 7.98. The topological polar surface area (TPSA) is 60.4 Å². The maximum atomic E-state index is 5.65. The fraction of sp³-hybridized carbons (Fsp3) is 0.286. The van der Waals surface area contributed by atoms with Gasteiger partial charge < -0.3 is 9.15 Å². The molecule has 0 saturated heterocycles. The van der Waals surface area contributed by atoms with Crippen LogP contribution in [0.15, 0.2) is 39.4 Å². The van der Waals surface area contributed by atoms with Gasteiger partial charge in [-0.15, -0.1) is 0 Å².